The van der Waals surface area contributed by atoms with Gasteiger partial charge in [0.2, 0.25) is 0 Å². The molecule has 1 aromatic rings. The number of benzene rings is 1. The van der Waals surface area contributed by atoms with Crippen LogP contribution < -0.4 is 0 Å². The summed E-state index contributed by atoms with van der Waals surface area (Å²) in [4.78, 5) is 10.6. The van der Waals surface area contributed by atoms with E-state index in [2.05, 4.69) is 6.58 Å². The first kappa shape index (κ1) is 11.0. The molecule has 0 saturated heterocycles. The summed E-state index contributed by atoms with van der Waals surface area (Å²) in [6.07, 6.45) is 0.655. The van der Waals surface area contributed by atoms with E-state index < -0.39 is 5.97 Å². The number of hydrogen-bond donors (Lipinski definition) is 1. The first-order valence-electron chi connectivity index (χ1n) is 4.49. The zero-order chi connectivity index (χ0) is 11.3. The van der Waals surface area contributed by atoms with Gasteiger partial charge < -0.3 is 5.11 Å². The Bertz CT molecular complexity index is 429. The fourth-order valence-corrected chi connectivity index (χ4v) is 1.26. The van der Waals surface area contributed by atoms with Crippen LogP contribution in [0.4, 0.5) is 0 Å². The molecule has 0 spiro atoms. The van der Waals surface area contributed by atoms with E-state index in [0.717, 1.165) is 11.1 Å². The highest BCUT2D eigenvalue weighted by atomic mass is 16.4. The van der Waals surface area contributed by atoms with Gasteiger partial charge in [0.25, 0.3) is 0 Å². The lowest BCUT2D eigenvalue weighted by molar-refractivity contribution is -0.132. The van der Waals surface area contributed by atoms with Crippen LogP contribution in [0.2, 0.25) is 0 Å². The van der Waals surface area contributed by atoms with Gasteiger partial charge >= 0.3 is 5.97 Å². The maximum Gasteiger partial charge on any atom is 0.331 e. The molecular weight excluding hydrogens is 190 g/mol. The van der Waals surface area contributed by atoms with E-state index in [-0.39, 0.29) is 5.57 Å². The van der Waals surface area contributed by atoms with Crippen LogP contribution in [0.15, 0.2) is 36.4 Å². The van der Waals surface area contributed by atoms with Crippen LogP contribution in [0.25, 0.3) is 0 Å². The van der Waals surface area contributed by atoms with E-state index in [1.165, 1.54) is 0 Å². The lowest BCUT2D eigenvalue weighted by atomic mass is 10.0. The third-order valence-corrected chi connectivity index (χ3v) is 1.99. The van der Waals surface area contributed by atoms with Gasteiger partial charge in [-0.15, -0.1) is 0 Å². The average molecular weight is 201 g/mol. The lowest BCUT2D eigenvalue weighted by Gasteiger charge is -2.02. The van der Waals surface area contributed by atoms with Crippen LogP contribution >= 0.6 is 0 Å². The van der Waals surface area contributed by atoms with Crippen molar-refractivity contribution in [2.24, 2.45) is 0 Å². The molecule has 0 aromatic heterocycles. The third kappa shape index (κ3) is 3.28. The molecule has 0 fully saturated rings. The molecule has 1 N–H and O–H groups in total. The van der Waals surface area contributed by atoms with Gasteiger partial charge in [-0.25, -0.2) is 4.79 Å². The van der Waals surface area contributed by atoms with Crippen molar-refractivity contribution in [3.8, 4) is 6.07 Å². The Morgan fingerprint density at radius 3 is 2.73 bits per heavy atom. The van der Waals surface area contributed by atoms with Gasteiger partial charge in [-0.2, -0.15) is 5.26 Å². The van der Waals surface area contributed by atoms with Crippen LogP contribution in [-0.2, 0) is 17.6 Å². The van der Waals surface area contributed by atoms with Gasteiger partial charge in [0.1, 0.15) is 0 Å². The monoisotopic (exact) mass is 201 g/mol. The number of aliphatic carboxylic acids is 1. The van der Waals surface area contributed by atoms with Gasteiger partial charge in [0.05, 0.1) is 12.5 Å². The van der Waals surface area contributed by atoms with Crippen molar-refractivity contribution in [3.63, 3.8) is 0 Å². The Labute approximate surface area is 88.3 Å². The zero-order valence-corrected chi connectivity index (χ0v) is 8.23. The number of rotatable bonds is 4. The van der Waals surface area contributed by atoms with Crippen LogP contribution in [0.1, 0.15) is 11.1 Å². The highest BCUT2D eigenvalue weighted by Crippen LogP contribution is 2.10. The maximum atomic E-state index is 10.6. The molecule has 0 saturated carbocycles. The van der Waals surface area contributed by atoms with Crippen LogP contribution in [0, 0.1) is 11.3 Å². The van der Waals surface area contributed by atoms with E-state index >= 15 is 0 Å². The number of nitrogens with zero attached hydrogens (tertiary/aromatic N) is 1. The Kier molecular flexibility index (Phi) is 3.64. The quantitative estimate of drug-likeness (QED) is 0.757. The van der Waals surface area contributed by atoms with Crippen molar-refractivity contribution >= 4 is 5.97 Å². The summed E-state index contributed by atoms with van der Waals surface area (Å²) in [6, 6.07) is 9.37. The molecule has 15 heavy (non-hydrogen) atoms. The number of carbonyl (C=O) groups is 1. The second-order valence-corrected chi connectivity index (χ2v) is 3.24. The number of carboxylic acids is 1. The Balaban J connectivity index is 2.78. The molecule has 0 atom stereocenters. The molecule has 1 rings (SSSR count). The second-order valence-electron chi connectivity index (χ2n) is 3.24. The predicted molar refractivity (Wildman–Crippen MR) is 56.2 cm³/mol. The number of hydrogen-bond acceptors (Lipinski definition) is 2. The molecule has 3 heteroatoms. The molecular formula is C12H11NO2. The smallest absolute Gasteiger partial charge is 0.331 e. The first-order chi connectivity index (χ1) is 7.13. The summed E-state index contributed by atoms with van der Waals surface area (Å²) in [5, 5.41) is 17.2. The van der Waals surface area contributed by atoms with Crippen molar-refractivity contribution in [3.05, 3.63) is 47.5 Å². The van der Waals surface area contributed by atoms with Gasteiger partial charge in [-0.3, -0.25) is 0 Å². The van der Waals surface area contributed by atoms with Crippen molar-refractivity contribution in [1.29, 1.82) is 5.26 Å². The summed E-state index contributed by atoms with van der Waals surface area (Å²) in [5.74, 6) is -0.985. The minimum Gasteiger partial charge on any atom is -0.478 e. The van der Waals surface area contributed by atoms with Crippen LogP contribution in [-0.4, -0.2) is 11.1 Å². The van der Waals surface area contributed by atoms with Crippen molar-refractivity contribution in [2.45, 2.75) is 12.8 Å². The summed E-state index contributed by atoms with van der Waals surface area (Å²) < 4.78 is 0. The molecule has 0 aliphatic heterocycles. The summed E-state index contributed by atoms with van der Waals surface area (Å²) in [6.45, 7) is 3.46. The van der Waals surface area contributed by atoms with E-state index in [1.54, 1.807) is 0 Å². The normalized spacial score (nSPS) is 9.27. The van der Waals surface area contributed by atoms with Gasteiger partial charge in [-0.05, 0) is 11.1 Å². The molecule has 3 nitrogen and oxygen atoms in total. The standard InChI is InChI=1S/C12H11NO2/c1-9(12(14)15)7-11-4-2-3-10(8-11)5-6-13/h2-4,8H,1,5,7H2,(H,14,15). The predicted octanol–water partition coefficient (Wildman–Crippen LogP) is 1.94. The van der Waals surface area contributed by atoms with Crippen molar-refractivity contribution in [1.82, 2.24) is 0 Å². The second kappa shape index (κ2) is 4.97. The van der Waals surface area contributed by atoms with E-state index in [1.807, 2.05) is 30.3 Å². The summed E-state index contributed by atoms with van der Waals surface area (Å²) in [5.41, 5.74) is 1.92. The molecule has 0 amide bonds. The molecule has 0 radical (unpaired) electrons. The maximum absolute atomic E-state index is 10.6. The fraction of sp³-hybridized carbons (Fsp3) is 0.167. The Morgan fingerprint density at radius 2 is 2.13 bits per heavy atom. The van der Waals surface area contributed by atoms with Crippen molar-refractivity contribution < 1.29 is 9.90 Å². The highest BCUT2D eigenvalue weighted by Gasteiger charge is 2.05. The van der Waals surface area contributed by atoms with Crippen LogP contribution in [0.3, 0.4) is 0 Å². The molecule has 0 aliphatic carbocycles. The number of nitriles is 1. The summed E-state index contributed by atoms with van der Waals surface area (Å²) in [7, 11) is 0. The number of carboxylic acid groups (broad SMARTS) is 1. The molecule has 0 heterocycles. The van der Waals surface area contributed by atoms with Gasteiger partial charge in [-0.1, -0.05) is 30.8 Å². The van der Waals surface area contributed by atoms with E-state index in [9.17, 15) is 4.79 Å². The minimum absolute atomic E-state index is 0.157. The Hall–Kier alpha value is -2.08. The van der Waals surface area contributed by atoms with E-state index in [4.69, 9.17) is 10.4 Å². The SMILES string of the molecule is C=C(Cc1cccc(CC#N)c1)C(=O)O. The average Bonchev–Trinajstić information content (AvgIpc) is 2.18. The largest absolute Gasteiger partial charge is 0.478 e. The van der Waals surface area contributed by atoms with Gasteiger partial charge in [0.15, 0.2) is 0 Å². The molecule has 1 aromatic carbocycles. The zero-order valence-electron chi connectivity index (χ0n) is 8.23. The molecule has 0 aliphatic rings. The Morgan fingerprint density at radius 1 is 1.47 bits per heavy atom. The topological polar surface area (TPSA) is 61.1 Å². The lowest BCUT2D eigenvalue weighted by Crippen LogP contribution is -2.02. The highest BCUT2D eigenvalue weighted by molar-refractivity contribution is 5.86. The third-order valence-electron chi connectivity index (χ3n) is 1.99. The molecule has 76 valence electrons. The summed E-state index contributed by atoms with van der Waals surface area (Å²) >= 11 is 0. The minimum atomic E-state index is -0.985. The van der Waals surface area contributed by atoms with Gasteiger partial charge in [0, 0.05) is 12.0 Å². The molecule has 0 unspecified atom stereocenters. The van der Waals surface area contributed by atoms with Crippen LogP contribution in [0.5, 0.6) is 0 Å². The first-order valence-corrected chi connectivity index (χ1v) is 4.49. The van der Waals surface area contributed by atoms with Crippen molar-refractivity contribution in [2.75, 3.05) is 0 Å². The fourth-order valence-electron chi connectivity index (χ4n) is 1.26. The molecule has 0 bridgehead atoms. The van der Waals surface area contributed by atoms with E-state index in [0.29, 0.717) is 12.8 Å².